The fourth-order valence-corrected chi connectivity index (χ4v) is 3.72. The fourth-order valence-electron chi connectivity index (χ4n) is 3.72. The fraction of sp³-hybridized carbons (Fsp3) is 0.944. The molecule has 14 unspecified atom stereocenters. The number of ether oxygens (including phenoxy) is 4. The van der Waals surface area contributed by atoms with Crippen molar-refractivity contribution in [1.82, 2.24) is 0 Å². The van der Waals surface area contributed by atoms with Gasteiger partial charge in [-0.2, -0.15) is 0 Å². The number of carbonyl (C=O) groups is 1. The summed E-state index contributed by atoms with van der Waals surface area (Å²) in [6.07, 6.45) is -16.7. The Bertz CT molecular complexity index is 632. The summed E-state index contributed by atoms with van der Waals surface area (Å²) in [6.45, 7) is -2.31. The Balaban J connectivity index is 2.17. The summed E-state index contributed by atoms with van der Waals surface area (Å²) in [4.78, 5) is 10.9. The predicted octanol–water partition coefficient (Wildman–Crippen LogP) is -7.83. The van der Waals surface area contributed by atoms with Gasteiger partial charge in [-0.15, -0.1) is 0 Å². The van der Waals surface area contributed by atoms with Crippen LogP contribution in [-0.2, 0) is 23.7 Å². The van der Waals surface area contributed by atoms with Crippen molar-refractivity contribution in [2.45, 2.75) is 85.6 Å². The lowest BCUT2D eigenvalue weighted by Crippen LogP contribution is -2.68. The molecule has 2 fully saturated rings. The Morgan fingerprint density at radius 2 is 1.44 bits per heavy atom. The smallest absolute Gasteiger partial charge is 0.176 e. The van der Waals surface area contributed by atoms with Crippen LogP contribution in [-0.4, -0.2) is 153 Å². The van der Waals surface area contributed by atoms with Crippen LogP contribution in [0.4, 0.5) is 0 Å². The van der Waals surface area contributed by atoms with Gasteiger partial charge in [0.05, 0.1) is 37.9 Å². The third kappa shape index (κ3) is 6.25. The number of nitrogens with two attached hydrogens (primary N) is 3. The minimum absolute atomic E-state index is 0.195. The normalized spacial score (nSPS) is 42.6. The molecule has 0 saturated carbocycles. The first-order valence-corrected chi connectivity index (χ1v) is 10.6. The van der Waals surface area contributed by atoms with E-state index in [1.54, 1.807) is 0 Å². The lowest BCUT2D eigenvalue weighted by atomic mass is 9.95. The van der Waals surface area contributed by atoms with Gasteiger partial charge in [0, 0.05) is 0 Å². The van der Waals surface area contributed by atoms with E-state index in [2.05, 4.69) is 0 Å². The van der Waals surface area contributed by atoms with Crippen molar-refractivity contribution in [2.75, 3.05) is 19.8 Å². The molecule has 14 N–H and O–H groups in total. The van der Waals surface area contributed by atoms with Crippen LogP contribution >= 0.6 is 0 Å². The van der Waals surface area contributed by atoms with Gasteiger partial charge in [-0.1, -0.05) is 0 Å². The molecule has 0 amide bonds. The molecule has 2 rings (SSSR count). The molecule has 200 valence electrons. The second-order valence-electron chi connectivity index (χ2n) is 8.23. The molecule has 0 aromatic rings. The first-order valence-electron chi connectivity index (χ1n) is 10.6. The Morgan fingerprint density at radius 3 is 1.97 bits per heavy atom. The van der Waals surface area contributed by atoms with E-state index in [1.807, 2.05) is 0 Å². The zero-order chi connectivity index (χ0) is 25.7. The van der Waals surface area contributed by atoms with Gasteiger partial charge < -0.3 is 81.8 Å². The van der Waals surface area contributed by atoms with Crippen molar-refractivity contribution >= 4 is 6.29 Å². The third-order valence-electron chi connectivity index (χ3n) is 5.87. The summed E-state index contributed by atoms with van der Waals surface area (Å²) >= 11 is 0. The van der Waals surface area contributed by atoms with E-state index in [9.17, 15) is 45.6 Å². The monoisotopic (exact) mass is 501 g/mol. The van der Waals surface area contributed by atoms with Crippen LogP contribution in [0.1, 0.15) is 0 Å². The van der Waals surface area contributed by atoms with Gasteiger partial charge in [0.15, 0.2) is 12.6 Å². The summed E-state index contributed by atoms with van der Waals surface area (Å²) in [5.41, 5.74) is 17.3. The van der Waals surface area contributed by atoms with Crippen molar-refractivity contribution in [1.29, 1.82) is 0 Å². The molecule has 0 spiro atoms. The standard InChI is InChI=1S/C18H35N3O13/c19-5(1-22)11(27)15(6(26)2-23)33-18-10(21)14(30)16(8(4-25)32-18)34-17-9(20)13(29)12(28)7(3-24)31-17/h1,5-18,23-30H,2-4,19-21H2. The molecule has 0 aromatic carbocycles. The van der Waals surface area contributed by atoms with E-state index in [0.717, 1.165) is 0 Å². The Labute approximate surface area is 194 Å². The van der Waals surface area contributed by atoms with Gasteiger partial charge in [0.1, 0.15) is 61.2 Å². The zero-order valence-corrected chi connectivity index (χ0v) is 18.1. The van der Waals surface area contributed by atoms with Gasteiger partial charge in [-0.05, 0) is 0 Å². The van der Waals surface area contributed by atoms with E-state index >= 15 is 0 Å². The van der Waals surface area contributed by atoms with Crippen molar-refractivity contribution in [3.05, 3.63) is 0 Å². The first kappa shape index (κ1) is 29.3. The second-order valence-corrected chi connectivity index (χ2v) is 8.23. The largest absolute Gasteiger partial charge is 0.394 e. The van der Waals surface area contributed by atoms with E-state index in [4.69, 9.17) is 36.1 Å². The van der Waals surface area contributed by atoms with Gasteiger partial charge in [0.2, 0.25) is 0 Å². The molecule has 34 heavy (non-hydrogen) atoms. The topological polar surface area (TPSA) is 294 Å². The van der Waals surface area contributed by atoms with Crippen LogP contribution in [0.25, 0.3) is 0 Å². The number of aldehydes is 1. The lowest BCUT2D eigenvalue weighted by molar-refractivity contribution is -0.338. The van der Waals surface area contributed by atoms with Crippen molar-refractivity contribution in [3.8, 4) is 0 Å². The minimum atomic E-state index is -1.79. The number of hydrogen-bond donors (Lipinski definition) is 11. The van der Waals surface area contributed by atoms with Gasteiger partial charge in [-0.3, -0.25) is 0 Å². The number of carbonyl (C=O) groups excluding carboxylic acids is 1. The molecule has 2 aliphatic rings. The van der Waals surface area contributed by atoms with E-state index in [0.29, 0.717) is 0 Å². The van der Waals surface area contributed by atoms with Crippen LogP contribution in [0.5, 0.6) is 0 Å². The summed E-state index contributed by atoms with van der Waals surface area (Å²) in [5.74, 6) is 0. The van der Waals surface area contributed by atoms with E-state index in [-0.39, 0.29) is 6.29 Å². The molecule has 0 radical (unpaired) electrons. The third-order valence-corrected chi connectivity index (χ3v) is 5.87. The van der Waals surface area contributed by atoms with E-state index in [1.165, 1.54) is 0 Å². The quantitative estimate of drug-likeness (QED) is 0.117. The number of aliphatic hydroxyl groups is 8. The average molecular weight is 501 g/mol. The van der Waals surface area contributed by atoms with Gasteiger partial charge in [0.25, 0.3) is 0 Å². The molecular formula is C18H35N3O13. The summed E-state index contributed by atoms with van der Waals surface area (Å²) in [5, 5.41) is 79.3. The Morgan fingerprint density at radius 1 is 0.882 bits per heavy atom. The van der Waals surface area contributed by atoms with Crippen LogP contribution in [0.2, 0.25) is 0 Å². The molecule has 2 heterocycles. The molecule has 0 aromatic heterocycles. The average Bonchev–Trinajstić information content (AvgIpc) is 2.84. The van der Waals surface area contributed by atoms with E-state index < -0.39 is 105 Å². The predicted molar refractivity (Wildman–Crippen MR) is 108 cm³/mol. The highest BCUT2D eigenvalue weighted by Gasteiger charge is 2.50. The molecule has 16 nitrogen and oxygen atoms in total. The summed E-state index contributed by atoms with van der Waals surface area (Å²) < 4.78 is 21.9. The molecule has 2 aliphatic heterocycles. The summed E-state index contributed by atoms with van der Waals surface area (Å²) in [7, 11) is 0. The highest BCUT2D eigenvalue weighted by Crippen LogP contribution is 2.29. The number of rotatable bonds is 11. The summed E-state index contributed by atoms with van der Waals surface area (Å²) in [6, 6.07) is -4.23. The molecule has 16 heteroatoms. The SMILES string of the molecule is NC(C=O)C(O)C(OC1OC(CO)C(OC2OC(CO)C(O)C(O)C2N)C(O)C1N)C(O)CO. The Kier molecular flexibility index (Phi) is 11.1. The van der Waals surface area contributed by atoms with Crippen LogP contribution < -0.4 is 17.2 Å². The van der Waals surface area contributed by atoms with Crippen LogP contribution in [0.15, 0.2) is 0 Å². The molecule has 0 bridgehead atoms. The van der Waals surface area contributed by atoms with Crippen molar-refractivity contribution in [3.63, 3.8) is 0 Å². The number of hydrogen-bond acceptors (Lipinski definition) is 16. The molecule has 14 atom stereocenters. The van der Waals surface area contributed by atoms with Crippen molar-refractivity contribution < 1.29 is 64.6 Å². The van der Waals surface area contributed by atoms with Crippen molar-refractivity contribution in [2.24, 2.45) is 17.2 Å². The molecular weight excluding hydrogens is 466 g/mol. The van der Waals surface area contributed by atoms with Crippen LogP contribution in [0, 0.1) is 0 Å². The van der Waals surface area contributed by atoms with Gasteiger partial charge in [-0.25, -0.2) is 0 Å². The molecule has 2 saturated heterocycles. The first-order chi connectivity index (χ1) is 16.0. The zero-order valence-electron chi connectivity index (χ0n) is 18.1. The highest BCUT2D eigenvalue weighted by atomic mass is 16.7. The molecule has 0 aliphatic carbocycles. The Hall–Kier alpha value is -0.930. The van der Waals surface area contributed by atoms with Crippen LogP contribution in [0.3, 0.4) is 0 Å². The lowest BCUT2D eigenvalue weighted by Gasteiger charge is -2.47. The van der Waals surface area contributed by atoms with Gasteiger partial charge >= 0.3 is 0 Å². The number of aliphatic hydroxyl groups excluding tert-OH is 8. The maximum atomic E-state index is 10.9. The maximum Gasteiger partial charge on any atom is 0.176 e. The maximum absolute atomic E-state index is 10.9. The second kappa shape index (κ2) is 12.9. The minimum Gasteiger partial charge on any atom is -0.394 e. The highest BCUT2D eigenvalue weighted by molar-refractivity contribution is 5.58.